The predicted octanol–water partition coefficient (Wildman–Crippen LogP) is 4.75. The van der Waals surface area contributed by atoms with Crippen LogP contribution in [-0.4, -0.2) is 41.8 Å². The topological polar surface area (TPSA) is 35.5 Å². The molecule has 0 bridgehead atoms. The van der Waals surface area contributed by atoms with Crippen LogP contribution in [0.2, 0.25) is 0 Å². The van der Waals surface area contributed by atoms with Crippen LogP contribution in [0.3, 0.4) is 0 Å². The van der Waals surface area contributed by atoms with E-state index in [1.54, 1.807) is 0 Å². The molecule has 0 aromatic rings. The van der Waals surface area contributed by atoms with Crippen molar-refractivity contribution in [2.24, 2.45) is 0 Å². The number of alkyl halides is 11. The van der Waals surface area contributed by atoms with Crippen LogP contribution in [0.5, 0.6) is 0 Å². The summed E-state index contributed by atoms with van der Waals surface area (Å²) in [4.78, 5) is 11.2. The second kappa shape index (κ2) is 6.43. The molecule has 0 fully saturated rings. The molecule has 0 aliphatic carbocycles. The molecule has 0 saturated heterocycles. The zero-order chi connectivity index (χ0) is 20.7. The average Bonchev–Trinajstić information content (AvgIpc) is 2.34. The number of carbonyl (C=O) groups is 1. The highest BCUT2D eigenvalue weighted by molar-refractivity contribution is 5.79. The summed E-state index contributed by atoms with van der Waals surface area (Å²) in [5, 5.41) is 0. The Balaban J connectivity index is 5.98. The fourth-order valence-electron chi connectivity index (χ4n) is 1.01. The van der Waals surface area contributed by atoms with Crippen LogP contribution in [0, 0.1) is 0 Å². The SMILES string of the molecule is CCC(C)(C)OC(=O)C(F)(OC(F)(F)C(F)(F)C(F)(F)F)C(F)(F)F. The van der Waals surface area contributed by atoms with E-state index in [2.05, 4.69) is 9.47 Å². The highest BCUT2D eigenvalue weighted by Gasteiger charge is 2.80. The van der Waals surface area contributed by atoms with Crippen molar-refractivity contribution in [3.8, 4) is 0 Å². The number of ether oxygens (including phenoxy) is 2. The van der Waals surface area contributed by atoms with Crippen molar-refractivity contribution >= 4 is 5.97 Å². The van der Waals surface area contributed by atoms with E-state index in [9.17, 15) is 53.1 Å². The van der Waals surface area contributed by atoms with Crippen molar-refractivity contribution < 1.29 is 62.6 Å². The van der Waals surface area contributed by atoms with Gasteiger partial charge in [0, 0.05) is 0 Å². The maximum Gasteiger partial charge on any atom is 0.462 e. The number of rotatable bonds is 6. The average molecular weight is 400 g/mol. The fraction of sp³-hybridized carbons (Fsp3) is 0.909. The molecule has 0 heterocycles. The monoisotopic (exact) mass is 400 g/mol. The lowest BCUT2D eigenvalue weighted by molar-refractivity contribution is -0.475. The number of esters is 1. The van der Waals surface area contributed by atoms with Gasteiger partial charge in [-0.2, -0.15) is 48.3 Å². The van der Waals surface area contributed by atoms with Gasteiger partial charge in [-0.1, -0.05) is 6.92 Å². The van der Waals surface area contributed by atoms with E-state index < -0.39 is 41.8 Å². The molecule has 0 aliphatic heterocycles. The van der Waals surface area contributed by atoms with E-state index in [1.165, 1.54) is 6.92 Å². The summed E-state index contributed by atoms with van der Waals surface area (Å²) in [6.07, 6.45) is -21.2. The van der Waals surface area contributed by atoms with E-state index in [-0.39, 0.29) is 6.42 Å². The van der Waals surface area contributed by atoms with E-state index in [0.717, 1.165) is 13.8 Å². The van der Waals surface area contributed by atoms with Gasteiger partial charge in [0.1, 0.15) is 5.60 Å². The minimum absolute atomic E-state index is 0.290. The molecule has 0 aliphatic rings. The third-order valence-electron chi connectivity index (χ3n) is 2.84. The Morgan fingerprint density at radius 1 is 0.800 bits per heavy atom. The quantitative estimate of drug-likeness (QED) is 0.477. The highest BCUT2D eigenvalue weighted by Crippen LogP contribution is 2.51. The summed E-state index contributed by atoms with van der Waals surface area (Å²) in [6.45, 7) is 2.99. The number of hydrogen-bond acceptors (Lipinski definition) is 3. The van der Waals surface area contributed by atoms with Crippen molar-refractivity contribution in [2.45, 2.75) is 63.0 Å². The molecule has 0 aromatic carbocycles. The second-order valence-electron chi connectivity index (χ2n) is 5.29. The van der Waals surface area contributed by atoms with Gasteiger partial charge in [0.05, 0.1) is 0 Å². The van der Waals surface area contributed by atoms with E-state index in [1.807, 2.05) is 0 Å². The second-order valence-corrected chi connectivity index (χ2v) is 5.29. The molecular weight excluding hydrogens is 389 g/mol. The molecular formula is C11H11F11O3. The molecule has 0 saturated carbocycles. The lowest BCUT2D eigenvalue weighted by Gasteiger charge is -2.35. The Kier molecular flexibility index (Phi) is 6.09. The molecule has 1 atom stereocenters. The maximum absolute atomic E-state index is 13.8. The van der Waals surface area contributed by atoms with Crippen molar-refractivity contribution in [3.05, 3.63) is 0 Å². The Labute approximate surface area is 133 Å². The van der Waals surface area contributed by atoms with E-state index >= 15 is 0 Å². The molecule has 0 radical (unpaired) electrons. The third kappa shape index (κ3) is 4.64. The Bertz CT molecular complexity index is 494. The van der Waals surface area contributed by atoms with Crippen LogP contribution in [0.4, 0.5) is 48.3 Å². The molecule has 3 nitrogen and oxygen atoms in total. The van der Waals surface area contributed by atoms with Gasteiger partial charge < -0.3 is 4.74 Å². The summed E-state index contributed by atoms with van der Waals surface area (Å²) in [7, 11) is 0. The lowest BCUT2D eigenvalue weighted by Crippen LogP contribution is -2.62. The minimum Gasteiger partial charge on any atom is -0.455 e. The molecule has 0 rings (SSSR count). The zero-order valence-corrected chi connectivity index (χ0v) is 12.6. The first-order valence-electron chi connectivity index (χ1n) is 6.16. The molecule has 0 aromatic heterocycles. The van der Waals surface area contributed by atoms with Gasteiger partial charge in [-0.05, 0) is 20.3 Å². The Morgan fingerprint density at radius 2 is 1.20 bits per heavy atom. The van der Waals surface area contributed by atoms with Crippen LogP contribution in [-0.2, 0) is 14.3 Å². The predicted molar refractivity (Wildman–Crippen MR) is 57.4 cm³/mol. The fourth-order valence-corrected chi connectivity index (χ4v) is 1.01. The van der Waals surface area contributed by atoms with Gasteiger partial charge in [0.25, 0.3) is 0 Å². The van der Waals surface area contributed by atoms with Gasteiger partial charge in [0.15, 0.2) is 0 Å². The molecule has 1 unspecified atom stereocenters. The molecule has 150 valence electrons. The summed E-state index contributed by atoms with van der Waals surface area (Å²) < 4.78 is 144. The van der Waals surface area contributed by atoms with Gasteiger partial charge in [-0.25, -0.2) is 4.79 Å². The molecule has 0 N–H and O–H groups in total. The van der Waals surface area contributed by atoms with Crippen molar-refractivity contribution in [1.29, 1.82) is 0 Å². The van der Waals surface area contributed by atoms with Crippen molar-refractivity contribution in [1.82, 2.24) is 0 Å². The highest BCUT2D eigenvalue weighted by atomic mass is 19.4. The van der Waals surface area contributed by atoms with Crippen molar-refractivity contribution in [2.75, 3.05) is 0 Å². The van der Waals surface area contributed by atoms with Crippen LogP contribution in [0.1, 0.15) is 27.2 Å². The first kappa shape index (κ1) is 23.7. The molecule has 0 spiro atoms. The normalized spacial score (nSPS) is 17.2. The summed E-state index contributed by atoms with van der Waals surface area (Å²) in [6, 6.07) is 0. The smallest absolute Gasteiger partial charge is 0.455 e. The summed E-state index contributed by atoms with van der Waals surface area (Å²) in [5.41, 5.74) is -1.90. The van der Waals surface area contributed by atoms with Crippen LogP contribution in [0.15, 0.2) is 0 Å². The van der Waals surface area contributed by atoms with Gasteiger partial charge in [0.2, 0.25) is 0 Å². The standard InChI is InChI=1S/C11H11F11O3/c1-4-6(2,3)24-5(23)7(12,9(15,16)17)25-11(21,22)8(13,14)10(18,19)20/h4H2,1-3H3. The first-order chi connectivity index (χ1) is 10.6. The largest absolute Gasteiger partial charge is 0.462 e. The van der Waals surface area contributed by atoms with E-state index in [0.29, 0.717) is 0 Å². The Hall–Kier alpha value is -1.34. The Morgan fingerprint density at radius 3 is 1.48 bits per heavy atom. The molecule has 14 heteroatoms. The van der Waals surface area contributed by atoms with Crippen LogP contribution in [0.25, 0.3) is 0 Å². The number of halogens is 11. The summed E-state index contributed by atoms with van der Waals surface area (Å²) in [5.74, 6) is -16.8. The van der Waals surface area contributed by atoms with Gasteiger partial charge >= 0.3 is 36.2 Å². The molecule has 0 amide bonds. The van der Waals surface area contributed by atoms with Crippen LogP contribution < -0.4 is 0 Å². The van der Waals surface area contributed by atoms with Gasteiger partial charge in [-0.3, -0.25) is 4.74 Å². The summed E-state index contributed by atoms with van der Waals surface area (Å²) >= 11 is 0. The lowest BCUT2D eigenvalue weighted by atomic mass is 10.1. The van der Waals surface area contributed by atoms with Gasteiger partial charge in [-0.15, -0.1) is 0 Å². The maximum atomic E-state index is 13.8. The minimum atomic E-state index is -7.23. The number of carbonyl (C=O) groups excluding carboxylic acids is 1. The van der Waals surface area contributed by atoms with Crippen molar-refractivity contribution in [3.63, 3.8) is 0 Å². The third-order valence-corrected chi connectivity index (χ3v) is 2.84. The molecule has 25 heavy (non-hydrogen) atoms. The number of hydrogen-bond donors (Lipinski definition) is 0. The zero-order valence-electron chi connectivity index (χ0n) is 12.6. The van der Waals surface area contributed by atoms with E-state index in [4.69, 9.17) is 0 Å². The first-order valence-corrected chi connectivity index (χ1v) is 6.16. The van der Waals surface area contributed by atoms with Crippen LogP contribution >= 0.6 is 0 Å².